The molecule has 1 amide bonds. The van der Waals surface area contributed by atoms with Crippen LogP contribution in [0.15, 0.2) is 36.7 Å². The van der Waals surface area contributed by atoms with Crippen LogP contribution in [-0.2, 0) is 9.53 Å². The molecule has 0 unspecified atom stereocenters. The van der Waals surface area contributed by atoms with E-state index in [4.69, 9.17) is 4.74 Å². The molecule has 1 aliphatic rings. The number of amides is 1. The number of nitrogens with zero attached hydrogens (tertiary/aromatic N) is 3. The van der Waals surface area contributed by atoms with Crippen molar-refractivity contribution in [2.75, 3.05) is 11.9 Å². The minimum atomic E-state index is -0.407. The summed E-state index contributed by atoms with van der Waals surface area (Å²) in [7, 11) is 0. The van der Waals surface area contributed by atoms with Crippen molar-refractivity contribution in [3.8, 4) is 5.69 Å². The lowest BCUT2D eigenvalue weighted by molar-refractivity contribution is -0.126. The summed E-state index contributed by atoms with van der Waals surface area (Å²) in [5.74, 6) is 0.465. The summed E-state index contributed by atoms with van der Waals surface area (Å²) in [6, 6.07) is 9.62. The number of carbonyl (C=O) groups excluding carboxylic acids is 1. The molecule has 1 aromatic heterocycles. The van der Waals surface area contributed by atoms with Gasteiger partial charge in [0.25, 0.3) is 5.91 Å². The van der Waals surface area contributed by atoms with Crippen molar-refractivity contribution in [3.05, 3.63) is 36.7 Å². The Morgan fingerprint density at radius 2 is 2.20 bits per heavy atom. The number of aromatic nitrogens is 3. The molecule has 0 radical (unpaired) electrons. The monoisotopic (exact) mass is 272 g/mol. The number of nitrogens with one attached hydrogen (secondary N) is 1. The fourth-order valence-electron chi connectivity index (χ4n) is 2.31. The van der Waals surface area contributed by atoms with E-state index in [2.05, 4.69) is 15.5 Å². The highest BCUT2D eigenvalue weighted by atomic mass is 16.5. The quantitative estimate of drug-likeness (QED) is 0.922. The molecule has 1 saturated heterocycles. The number of ether oxygens (including phenoxy) is 1. The molecule has 0 aliphatic carbocycles. The molecule has 0 spiro atoms. The van der Waals surface area contributed by atoms with Gasteiger partial charge in [0.05, 0.1) is 5.69 Å². The number of para-hydroxylation sites is 1. The summed E-state index contributed by atoms with van der Waals surface area (Å²) in [5.41, 5.74) is 0.896. The van der Waals surface area contributed by atoms with Crippen LogP contribution in [0.5, 0.6) is 0 Å². The van der Waals surface area contributed by atoms with Gasteiger partial charge in [-0.05, 0) is 24.5 Å². The molecule has 1 N–H and O–H groups in total. The van der Waals surface area contributed by atoms with Gasteiger partial charge in [-0.1, -0.05) is 25.1 Å². The van der Waals surface area contributed by atoms with Gasteiger partial charge in [-0.3, -0.25) is 14.7 Å². The maximum atomic E-state index is 12.2. The minimum absolute atomic E-state index is 0.166. The van der Waals surface area contributed by atoms with Crippen molar-refractivity contribution in [1.29, 1.82) is 0 Å². The summed E-state index contributed by atoms with van der Waals surface area (Å²) in [6.45, 7) is 2.64. The lowest BCUT2D eigenvalue weighted by atomic mass is 10.0. The maximum absolute atomic E-state index is 12.2. The third-order valence-corrected chi connectivity index (χ3v) is 3.46. The molecule has 6 heteroatoms. The Bertz CT molecular complexity index is 596. The molecule has 1 aromatic carbocycles. The summed E-state index contributed by atoms with van der Waals surface area (Å²) in [4.78, 5) is 12.2. The molecule has 20 heavy (non-hydrogen) atoms. The van der Waals surface area contributed by atoms with E-state index in [0.29, 0.717) is 12.6 Å². The molecule has 104 valence electrons. The van der Waals surface area contributed by atoms with Gasteiger partial charge in [0.1, 0.15) is 12.4 Å². The fraction of sp³-hybridized carbons (Fsp3) is 0.357. The number of anilines is 1. The van der Waals surface area contributed by atoms with Gasteiger partial charge < -0.3 is 4.74 Å². The number of benzene rings is 1. The third kappa shape index (κ3) is 2.42. The lowest BCUT2D eigenvalue weighted by Crippen LogP contribution is -2.32. The molecular weight excluding hydrogens is 256 g/mol. The van der Waals surface area contributed by atoms with Crippen molar-refractivity contribution in [2.45, 2.75) is 19.4 Å². The average molecular weight is 272 g/mol. The SMILES string of the molecule is C[C@@H]1CCO[C@H]1C(=O)Nc1nncn1-c1ccccc1. The first-order valence-electron chi connectivity index (χ1n) is 6.63. The van der Waals surface area contributed by atoms with Crippen LogP contribution in [0.2, 0.25) is 0 Å². The third-order valence-electron chi connectivity index (χ3n) is 3.46. The van der Waals surface area contributed by atoms with Crippen LogP contribution in [0, 0.1) is 5.92 Å². The summed E-state index contributed by atoms with van der Waals surface area (Å²) in [6.07, 6.45) is 2.07. The van der Waals surface area contributed by atoms with Gasteiger partial charge in [0.15, 0.2) is 0 Å². The molecule has 0 bridgehead atoms. The standard InChI is InChI=1S/C14H16N4O2/c1-10-7-8-20-12(10)13(19)16-14-17-15-9-18(14)11-5-3-2-4-6-11/h2-6,9-10,12H,7-8H2,1H3,(H,16,17,19)/t10-,12-/m1/s1. The molecular formula is C14H16N4O2. The van der Waals surface area contributed by atoms with Crippen LogP contribution in [0.4, 0.5) is 5.95 Å². The zero-order valence-corrected chi connectivity index (χ0v) is 11.2. The molecule has 1 fully saturated rings. The normalized spacial score (nSPS) is 21.9. The van der Waals surface area contributed by atoms with Crippen LogP contribution in [-0.4, -0.2) is 33.4 Å². The zero-order chi connectivity index (χ0) is 13.9. The second kappa shape index (κ2) is 5.42. The minimum Gasteiger partial charge on any atom is -0.368 e. The van der Waals surface area contributed by atoms with E-state index >= 15 is 0 Å². The number of rotatable bonds is 3. The van der Waals surface area contributed by atoms with Crippen LogP contribution in [0.1, 0.15) is 13.3 Å². The average Bonchev–Trinajstić information content (AvgIpc) is 3.08. The Hall–Kier alpha value is -2.21. The second-order valence-electron chi connectivity index (χ2n) is 4.91. The number of carbonyl (C=O) groups is 1. The van der Waals surface area contributed by atoms with Crippen LogP contribution in [0.25, 0.3) is 5.69 Å². The van der Waals surface area contributed by atoms with E-state index in [1.54, 1.807) is 10.9 Å². The van der Waals surface area contributed by atoms with E-state index < -0.39 is 6.10 Å². The molecule has 6 nitrogen and oxygen atoms in total. The van der Waals surface area contributed by atoms with Crippen molar-refractivity contribution in [2.24, 2.45) is 5.92 Å². The fourth-order valence-corrected chi connectivity index (χ4v) is 2.31. The first kappa shape index (κ1) is 12.8. The second-order valence-corrected chi connectivity index (χ2v) is 4.91. The predicted octanol–water partition coefficient (Wildman–Crippen LogP) is 1.63. The first-order chi connectivity index (χ1) is 9.75. The maximum Gasteiger partial charge on any atom is 0.256 e. The van der Waals surface area contributed by atoms with Crippen LogP contribution in [0.3, 0.4) is 0 Å². The molecule has 2 heterocycles. The van der Waals surface area contributed by atoms with Gasteiger partial charge in [0, 0.05) is 6.61 Å². The van der Waals surface area contributed by atoms with E-state index in [-0.39, 0.29) is 11.8 Å². The van der Waals surface area contributed by atoms with E-state index in [0.717, 1.165) is 12.1 Å². The molecule has 1 aliphatic heterocycles. The van der Waals surface area contributed by atoms with Gasteiger partial charge in [-0.2, -0.15) is 0 Å². The van der Waals surface area contributed by atoms with Crippen molar-refractivity contribution in [1.82, 2.24) is 14.8 Å². The highest BCUT2D eigenvalue weighted by Crippen LogP contribution is 2.21. The van der Waals surface area contributed by atoms with Gasteiger partial charge in [0.2, 0.25) is 5.95 Å². The van der Waals surface area contributed by atoms with Crippen molar-refractivity contribution < 1.29 is 9.53 Å². The van der Waals surface area contributed by atoms with Gasteiger partial charge in [-0.15, -0.1) is 10.2 Å². The van der Waals surface area contributed by atoms with Crippen molar-refractivity contribution in [3.63, 3.8) is 0 Å². The molecule has 3 rings (SSSR count). The van der Waals surface area contributed by atoms with Crippen LogP contribution < -0.4 is 5.32 Å². The Morgan fingerprint density at radius 1 is 1.40 bits per heavy atom. The lowest BCUT2D eigenvalue weighted by Gasteiger charge is -2.14. The van der Waals surface area contributed by atoms with Gasteiger partial charge in [-0.25, -0.2) is 0 Å². The largest absolute Gasteiger partial charge is 0.368 e. The number of hydrogen-bond donors (Lipinski definition) is 1. The topological polar surface area (TPSA) is 69.0 Å². The van der Waals surface area contributed by atoms with Crippen molar-refractivity contribution >= 4 is 11.9 Å². The Balaban J connectivity index is 1.79. The summed E-state index contributed by atoms with van der Waals surface area (Å²) >= 11 is 0. The number of hydrogen-bond acceptors (Lipinski definition) is 4. The van der Waals surface area contributed by atoms with E-state index in [1.807, 2.05) is 37.3 Å². The Kier molecular flexibility index (Phi) is 3.47. The highest BCUT2D eigenvalue weighted by molar-refractivity contribution is 5.93. The zero-order valence-electron chi connectivity index (χ0n) is 11.2. The van der Waals surface area contributed by atoms with Gasteiger partial charge >= 0.3 is 0 Å². The molecule has 0 saturated carbocycles. The molecule has 2 aromatic rings. The summed E-state index contributed by atoms with van der Waals surface area (Å²) < 4.78 is 7.19. The Labute approximate surface area is 116 Å². The molecule has 2 atom stereocenters. The van der Waals surface area contributed by atoms with E-state index in [1.165, 1.54) is 0 Å². The first-order valence-corrected chi connectivity index (χ1v) is 6.63. The smallest absolute Gasteiger partial charge is 0.256 e. The highest BCUT2D eigenvalue weighted by Gasteiger charge is 2.31. The van der Waals surface area contributed by atoms with Crippen LogP contribution >= 0.6 is 0 Å². The Morgan fingerprint density at radius 3 is 2.90 bits per heavy atom. The van der Waals surface area contributed by atoms with E-state index in [9.17, 15) is 4.79 Å². The predicted molar refractivity (Wildman–Crippen MR) is 73.5 cm³/mol. The summed E-state index contributed by atoms with van der Waals surface area (Å²) in [5, 5.41) is 10.6.